The van der Waals surface area contributed by atoms with Crippen LogP contribution in [-0.2, 0) is 23.9 Å². The van der Waals surface area contributed by atoms with E-state index in [1.165, 1.54) is 23.8 Å². The Hall–Kier alpha value is -1.58. The predicted octanol–water partition coefficient (Wildman–Crippen LogP) is -2.05. The van der Waals surface area contributed by atoms with Gasteiger partial charge < -0.3 is 25.1 Å². The van der Waals surface area contributed by atoms with Crippen LogP contribution in [-0.4, -0.2) is 59.2 Å². The maximum Gasteiger partial charge on any atom is 0.335 e. The van der Waals surface area contributed by atoms with Gasteiger partial charge in [0.2, 0.25) is 5.91 Å². The third-order valence-electron chi connectivity index (χ3n) is 4.10. The van der Waals surface area contributed by atoms with E-state index in [-0.39, 0.29) is 11.1 Å². The number of ether oxygens (including phenoxy) is 2. The Morgan fingerprint density at radius 2 is 2.18 bits per heavy atom. The fourth-order valence-corrected chi connectivity index (χ4v) is 4.33. The van der Waals surface area contributed by atoms with E-state index < -0.39 is 36.1 Å². The Bertz CT molecular complexity index is 577. The molecule has 0 unspecified atom stereocenters. The number of methoxy groups -OCH3 is 1. The molecular weight excluding hydrogens is 312 g/mol. The van der Waals surface area contributed by atoms with Gasteiger partial charge in [-0.1, -0.05) is 0 Å². The second kappa shape index (κ2) is 5.56. The molecule has 22 heavy (non-hydrogen) atoms. The summed E-state index contributed by atoms with van der Waals surface area (Å²) in [5.74, 6) is -1.96. The van der Waals surface area contributed by atoms with Crippen LogP contribution in [0.1, 0.15) is 12.8 Å². The van der Waals surface area contributed by atoms with E-state index in [2.05, 4.69) is 4.74 Å². The number of carboxylic acid groups (broad SMARTS) is 1. The summed E-state index contributed by atoms with van der Waals surface area (Å²) in [5.41, 5.74) is 5.98. The van der Waals surface area contributed by atoms with Crippen LogP contribution < -0.4 is 10.8 Å². The summed E-state index contributed by atoms with van der Waals surface area (Å²) in [6.45, 7) is 0. The number of thioether (sulfide) groups is 1. The minimum absolute atomic E-state index is 0.161. The molecule has 3 aliphatic heterocycles. The molecule has 1 amide bonds. The highest BCUT2D eigenvalue weighted by molar-refractivity contribution is 8.00. The van der Waals surface area contributed by atoms with Gasteiger partial charge in [-0.15, -0.1) is 11.8 Å². The van der Waals surface area contributed by atoms with Crippen molar-refractivity contribution in [1.82, 2.24) is 4.90 Å². The fraction of sp³-hybridized carbons (Fsp3) is 0.615. The lowest BCUT2D eigenvalue weighted by Gasteiger charge is -2.50. The molecule has 0 bridgehead atoms. The SMILES string of the molecule is COC(=O)[C@@H]1CC[C@H](C2=C(C(=O)[O-])N3C(=O)[C@@H](N)[C@H]3SC2)O1. The Balaban J connectivity index is 1.87. The molecule has 3 heterocycles. The van der Waals surface area contributed by atoms with Crippen LogP contribution in [0.15, 0.2) is 11.3 Å². The molecule has 8 nitrogen and oxygen atoms in total. The Morgan fingerprint density at radius 1 is 1.45 bits per heavy atom. The number of amides is 1. The zero-order valence-corrected chi connectivity index (χ0v) is 12.6. The van der Waals surface area contributed by atoms with Crippen molar-refractivity contribution in [3.8, 4) is 0 Å². The quantitative estimate of drug-likeness (QED) is 0.464. The topological polar surface area (TPSA) is 122 Å². The zero-order chi connectivity index (χ0) is 16.0. The normalized spacial score (nSPS) is 34.3. The molecule has 2 fully saturated rings. The molecule has 0 aromatic heterocycles. The number of nitrogens with zero attached hydrogens (tertiary/aromatic N) is 1. The lowest BCUT2D eigenvalue weighted by Crippen LogP contribution is -2.69. The van der Waals surface area contributed by atoms with Crippen molar-refractivity contribution < 1.29 is 29.0 Å². The number of β-lactam (4-membered cyclic amide) rings is 1. The summed E-state index contributed by atoms with van der Waals surface area (Å²) in [7, 11) is 1.27. The summed E-state index contributed by atoms with van der Waals surface area (Å²) in [4.78, 5) is 36.0. The number of hydrogen-bond donors (Lipinski definition) is 1. The molecule has 120 valence electrons. The number of hydrogen-bond acceptors (Lipinski definition) is 8. The van der Waals surface area contributed by atoms with Gasteiger partial charge in [-0.3, -0.25) is 9.69 Å². The minimum atomic E-state index is -1.43. The van der Waals surface area contributed by atoms with Crippen molar-refractivity contribution in [3.63, 3.8) is 0 Å². The Labute approximate surface area is 130 Å². The molecule has 3 aliphatic rings. The summed E-state index contributed by atoms with van der Waals surface area (Å²) in [6, 6.07) is -0.687. The number of fused-ring (bicyclic) bond motifs is 1. The van der Waals surface area contributed by atoms with E-state index in [4.69, 9.17) is 10.5 Å². The molecule has 0 aromatic carbocycles. The first-order chi connectivity index (χ1) is 10.5. The average Bonchev–Trinajstić information content (AvgIpc) is 3.01. The van der Waals surface area contributed by atoms with Crippen LogP contribution in [0, 0.1) is 0 Å². The molecule has 0 radical (unpaired) electrons. The van der Waals surface area contributed by atoms with Gasteiger partial charge in [0, 0.05) is 5.75 Å². The van der Waals surface area contributed by atoms with E-state index in [1.54, 1.807) is 0 Å². The number of carboxylic acids is 1. The fourth-order valence-electron chi connectivity index (χ4n) is 2.97. The number of nitrogens with two attached hydrogens (primary N) is 1. The highest BCUT2D eigenvalue weighted by Crippen LogP contribution is 2.42. The molecule has 0 aliphatic carbocycles. The van der Waals surface area contributed by atoms with Crippen LogP contribution in [0.25, 0.3) is 0 Å². The van der Waals surface area contributed by atoms with Crippen LogP contribution in [0.2, 0.25) is 0 Å². The zero-order valence-electron chi connectivity index (χ0n) is 11.8. The first-order valence-electron chi connectivity index (χ1n) is 6.83. The van der Waals surface area contributed by atoms with Crippen molar-refractivity contribution >= 4 is 29.6 Å². The third-order valence-corrected chi connectivity index (χ3v) is 5.43. The summed E-state index contributed by atoms with van der Waals surface area (Å²) in [6.07, 6.45) is -0.300. The minimum Gasteiger partial charge on any atom is -0.543 e. The second-order valence-corrected chi connectivity index (χ2v) is 6.42. The van der Waals surface area contributed by atoms with E-state index >= 15 is 0 Å². The van der Waals surface area contributed by atoms with Crippen molar-refractivity contribution in [2.75, 3.05) is 12.9 Å². The molecule has 0 aromatic rings. The van der Waals surface area contributed by atoms with E-state index in [1.807, 2.05) is 0 Å². The standard InChI is InChI=1S/C13H16N2O6S/c1-20-13(19)7-3-2-6(21-7)5-4-22-11-8(14)10(16)15(11)9(5)12(17)18/h6-8,11H,2-4,14H2,1H3,(H,17,18)/p-1/t6-,7+,8-,11-/m1/s1. The third kappa shape index (κ3) is 2.20. The van der Waals surface area contributed by atoms with E-state index in [0.717, 1.165) is 0 Å². The van der Waals surface area contributed by atoms with E-state index in [0.29, 0.717) is 24.2 Å². The number of carbonyl (C=O) groups is 3. The number of esters is 1. The molecule has 2 N–H and O–H groups in total. The van der Waals surface area contributed by atoms with Crippen LogP contribution in [0.3, 0.4) is 0 Å². The van der Waals surface area contributed by atoms with Gasteiger partial charge in [-0.2, -0.15) is 0 Å². The first kappa shape index (κ1) is 15.3. The molecule has 9 heteroatoms. The second-order valence-electron chi connectivity index (χ2n) is 5.31. The first-order valence-corrected chi connectivity index (χ1v) is 7.88. The van der Waals surface area contributed by atoms with Crippen molar-refractivity contribution in [3.05, 3.63) is 11.3 Å². The molecular formula is C13H15N2O6S-. The molecule has 2 saturated heterocycles. The molecule has 4 atom stereocenters. The van der Waals surface area contributed by atoms with Crippen molar-refractivity contribution in [1.29, 1.82) is 0 Å². The van der Waals surface area contributed by atoms with Crippen molar-refractivity contribution in [2.45, 2.75) is 36.5 Å². The van der Waals surface area contributed by atoms with Gasteiger partial charge in [0.25, 0.3) is 0 Å². The maximum absolute atomic E-state index is 11.8. The van der Waals surface area contributed by atoms with Crippen LogP contribution >= 0.6 is 11.8 Å². The monoisotopic (exact) mass is 327 g/mol. The van der Waals surface area contributed by atoms with Gasteiger partial charge in [-0.25, -0.2) is 4.79 Å². The van der Waals surface area contributed by atoms with E-state index in [9.17, 15) is 19.5 Å². The highest BCUT2D eigenvalue weighted by atomic mass is 32.2. The van der Waals surface area contributed by atoms with Crippen LogP contribution in [0.5, 0.6) is 0 Å². The largest absolute Gasteiger partial charge is 0.543 e. The smallest absolute Gasteiger partial charge is 0.335 e. The summed E-state index contributed by atoms with van der Waals surface area (Å²) in [5, 5.41) is 11.1. The summed E-state index contributed by atoms with van der Waals surface area (Å²) < 4.78 is 10.2. The van der Waals surface area contributed by atoms with Gasteiger partial charge in [0.05, 0.1) is 24.9 Å². The maximum atomic E-state index is 11.8. The summed E-state index contributed by atoms with van der Waals surface area (Å²) >= 11 is 1.39. The van der Waals surface area contributed by atoms with Gasteiger partial charge in [0.15, 0.2) is 6.10 Å². The molecule has 3 rings (SSSR count). The van der Waals surface area contributed by atoms with Gasteiger partial charge in [0.1, 0.15) is 11.4 Å². The van der Waals surface area contributed by atoms with Crippen LogP contribution in [0.4, 0.5) is 0 Å². The molecule has 0 saturated carbocycles. The Kier molecular flexibility index (Phi) is 3.87. The molecule has 0 spiro atoms. The lowest BCUT2D eigenvalue weighted by atomic mass is 9.99. The van der Waals surface area contributed by atoms with Gasteiger partial charge >= 0.3 is 5.97 Å². The Morgan fingerprint density at radius 3 is 2.82 bits per heavy atom. The van der Waals surface area contributed by atoms with Gasteiger partial charge in [-0.05, 0) is 18.4 Å². The predicted molar refractivity (Wildman–Crippen MR) is 73.0 cm³/mol. The average molecular weight is 327 g/mol. The number of aliphatic carboxylic acids is 1. The number of rotatable bonds is 3. The number of carbonyl (C=O) groups excluding carboxylic acids is 3. The lowest BCUT2D eigenvalue weighted by molar-refractivity contribution is -0.301. The highest BCUT2D eigenvalue weighted by Gasteiger charge is 2.51. The van der Waals surface area contributed by atoms with Crippen molar-refractivity contribution in [2.24, 2.45) is 5.73 Å².